The molecule has 6 nitrogen and oxygen atoms in total. The standard InChI is InChI=1S/C18H24N4O2/c1-23-15-9-10-17(24-2)16(13-15)22-18(19)21-12-6-11-20-14-7-4-3-5-8-14/h3-5,7-10,13,20H,6,11-12H2,1-2H3,(H3,19,21,22). The third kappa shape index (κ3) is 5.39. The molecule has 6 heteroatoms. The van der Waals surface area contributed by atoms with Crippen LogP contribution in [0.5, 0.6) is 11.5 Å². The Morgan fingerprint density at radius 2 is 1.88 bits per heavy atom. The van der Waals surface area contributed by atoms with E-state index in [1.54, 1.807) is 14.2 Å². The third-order valence-corrected chi connectivity index (χ3v) is 3.39. The summed E-state index contributed by atoms with van der Waals surface area (Å²) in [5.74, 6) is 1.75. The third-order valence-electron chi connectivity index (χ3n) is 3.39. The number of hydrogen-bond donors (Lipinski definition) is 3. The number of ether oxygens (including phenoxy) is 2. The molecule has 0 saturated carbocycles. The predicted molar refractivity (Wildman–Crippen MR) is 99.2 cm³/mol. The van der Waals surface area contributed by atoms with Gasteiger partial charge in [0.05, 0.1) is 19.9 Å². The molecule has 24 heavy (non-hydrogen) atoms. The molecule has 0 aliphatic rings. The van der Waals surface area contributed by atoms with Gasteiger partial charge in [-0.3, -0.25) is 4.99 Å². The molecule has 0 aliphatic carbocycles. The van der Waals surface area contributed by atoms with E-state index in [0.29, 0.717) is 18.3 Å². The molecule has 2 aromatic carbocycles. The predicted octanol–water partition coefficient (Wildman–Crippen LogP) is 2.93. The first-order chi connectivity index (χ1) is 11.7. The normalized spacial score (nSPS) is 11.0. The molecule has 128 valence electrons. The van der Waals surface area contributed by atoms with E-state index in [-0.39, 0.29) is 0 Å². The van der Waals surface area contributed by atoms with Crippen LogP contribution < -0.4 is 25.8 Å². The summed E-state index contributed by atoms with van der Waals surface area (Å²) in [6.45, 7) is 1.47. The Morgan fingerprint density at radius 3 is 2.58 bits per heavy atom. The zero-order valence-corrected chi connectivity index (χ0v) is 14.1. The number of nitrogens with one attached hydrogen (secondary N) is 2. The highest BCUT2D eigenvalue weighted by molar-refractivity contribution is 5.94. The minimum Gasteiger partial charge on any atom is -0.497 e. The summed E-state index contributed by atoms with van der Waals surface area (Å²) in [4.78, 5) is 4.33. The fourth-order valence-corrected chi connectivity index (χ4v) is 2.16. The largest absolute Gasteiger partial charge is 0.497 e. The van der Waals surface area contributed by atoms with Gasteiger partial charge in [-0.25, -0.2) is 0 Å². The van der Waals surface area contributed by atoms with Gasteiger partial charge in [0.2, 0.25) is 0 Å². The molecule has 0 amide bonds. The lowest BCUT2D eigenvalue weighted by atomic mass is 10.2. The Hall–Kier alpha value is -2.89. The Labute approximate surface area is 142 Å². The van der Waals surface area contributed by atoms with Crippen LogP contribution in [0.25, 0.3) is 0 Å². The monoisotopic (exact) mass is 328 g/mol. The molecule has 0 bridgehead atoms. The number of benzene rings is 2. The van der Waals surface area contributed by atoms with Gasteiger partial charge in [-0.2, -0.15) is 0 Å². The van der Waals surface area contributed by atoms with Crippen LogP contribution in [-0.2, 0) is 0 Å². The van der Waals surface area contributed by atoms with Crippen molar-refractivity contribution in [3.05, 3.63) is 48.5 Å². The van der Waals surface area contributed by atoms with Crippen LogP contribution in [0.3, 0.4) is 0 Å². The highest BCUT2D eigenvalue weighted by Crippen LogP contribution is 2.28. The molecule has 0 radical (unpaired) electrons. The number of para-hydroxylation sites is 1. The van der Waals surface area contributed by atoms with Crippen LogP contribution in [0.15, 0.2) is 53.5 Å². The fraction of sp³-hybridized carbons (Fsp3) is 0.278. The van der Waals surface area contributed by atoms with Gasteiger partial charge < -0.3 is 25.8 Å². The summed E-state index contributed by atoms with van der Waals surface area (Å²) >= 11 is 0. The Kier molecular flexibility index (Phi) is 6.76. The SMILES string of the molecule is COc1ccc(OC)c(NC(N)=NCCCNc2ccccc2)c1. The highest BCUT2D eigenvalue weighted by atomic mass is 16.5. The van der Waals surface area contributed by atoms with Gasteiger partial charge >= 0.3 is 0 Å². The van der Waals surface area contributed by atoms with E-state index < -0.39 is 0 Å². The number of rotatable bonds is 8. The van der Waals surface area contributed by atoms with Crippen LogP contribution in [0, 0.1) is 0 Å². The summed E-state index contributed by atoms with van der Waals surface area (Å²) < 4.78 is 10.5. The first-order valence-corrected chi connectivity index (χ1v) is 7.81. The summed E-state index contributed by atoms with van der Waals surface area (Å²) in [6.07, 6.45) is 0.881. The molecule has 0 aliphatic heterocycles. The molecule has 4 N–H and O–H groups in total. The Morgan fingerprint density at radius 1 is 1.08 bits per heavy atom. The average molecular weight is 328 g/mol. The average Bonchev–Trinajstić information content (AvgIpc) is 2.62. The zero-order valence-electron chi connectivity index (χ0n) is 14.1. The van der Waals surface area contributed by atoms with Crippen molar-refractivity contribution in [3.63, 3.8) is 0 Å². The maximum atomic E-state index is 5.94. The minimum atomic E-state index is 0.348. The summed E-state index contributed by atoms with van der Waals surface area (Å²) in [6, 6.07) is 15.5. The fourth-order valence-electron chi connectivity index (χ4n) is 2.16. The first kappa shape index (κ1) is 17.5. The van der Waals surface area contributed by atoms with Gasteiger partial charge in [0.25, 0.3) is 0 Å². The quantitative estimate of drug-likeness (QED) is 0.394. The van der Waals surface area contributed by atoms with E-state index in [9.17, 15) is 0 Å². The van der Waals surface area contributed by atoms with Crippen molar-refractivity contribution in [2.24, 2.45) is 10.7 Å². The van der Waals surface area contributed by atoms with Gasteiger partial charge in [0.1, 0.15) is 11.5 Å². The Bertz CT molecular complexity index is 659. The van der Waals surface area contributed by atoms with E-state index in [4.69, 9.17) is 15.2 Å². The van der Waals surface area contributed by atoms with Crippen molar-refractivity contribution in [2.45, 2.75) is 6.42 Å². The van der Waals surface area contributed by atoms with Crippen molar-refractivity contribution in [1.29, 1.82) is 0 Å². The molecule has 2 aromatic rings. The van der Waals surface area contributed by atoms with Crippen molar-refractivity contribution < 1.29 is 9.47 Å². The second-order valence-corrected chi connectivity index (χ2v) is 5.10. The molecule has 0 atom stereocenters. The maximum Gasteiger partial charge on any atom is 0.193 e. The number of nitrogens with two attached hydrogens (primary N) is 1. The number of nitrogens with zero attached hydrogens (tertiary/aromatic N) is 1. The van der Waals surface area contributed by atoms with Crippen LogP contribution in [0.2, 0.25) is 0 Å². The molecular weight excluding hydrogens is 304 g/mol. The summed E-state index contributed by atoms with van der Waals surface area (Å²) in [5, 5.41) is 6.38. The Balaban J connectivity index is 1.81. The van der Waals surface area contributed by atoms with Gasteiger partial charge in [-0.15, -0.1) is 0 Å². The number of aliphatic imine (C=N–C) groups is 1. The first-order valence-electron chi connectivity index (χ1n) is 7.81. The zero-order chi connectivity index (χ0) is 17.2. The lowest BCUT2D eigenvalue weighted by molar-refractivity contribution is 0.405. The molecule has 0 saturated heterocycles. The molecule has 0 aromatic heterocycles. The van der Waals surface area contributed by atoms with Gasteiger partial charge in [-0.05, 0) is 30.7 Å². The minimum absolute atomic E-state index is 0.348. The van der Waals surface area contributed by atoms with Crippen LogP contribution >= 0.6 is 0 Å². The van der Waals surface area contributed by atoms with Crippen molar-refractivity contribution in [2.75, 3.05) is 37.9 Å². The van der Waals surface area contributed by atoms with Crippen LogP contribution in [0.4, 0.5) is 11.4 Å². The number of guanidine groups is 1. The van der Waals surface area contributed by atoms with E-state index >= 15 is 0 Å². The molecule has 0 fully saturated rings. The highest BCUT2D eigenvalue weighted by Gasteiger charge is 2.05. The number of methoxy groups -OCH3 is 2. The number of anilines is 2. The van der Waals surface area contributed by atoms with Gasteiger partial charge in [0, 0.05) is 24.8 Å². The summed E-state index contributed by atoms with van der Waals surface area (Å²) in [7, 11) is 3.22. The van der Waals surface area contributed by atoms with Gasteiger partial charge in [-0.1, -0.05) is 18.2 Å². The molecular formula is C18H24N4O2. The van der Waals surface area contributed by atoms with E-state index in [1.807, 2.05) is 48.5 Å². The van der Waals surface area contributed by atoms with Crippen LogP contribution in [0.1, 0.15) is 6.42 Å². The van der Waals surface area contributed by atoms with Gasteiger partial charge in [0.15, 0.2) is 5.96 Å². The molecule has 2 rings (SSSR count). The lowest BCUT2D eigenvalue weighted by Crippen LogP contribution is -2.23. The summed E-state index contributed by atoms with van der Waals surface area (Å²) in [5.41, 5.74) is 7.76. The van der Waals surface area contributed by atoms with Crippen molar-refractivity contribution in [1.82, 2.24) is 0 Å². The topological polar surface area (TPSA) is 80.9 Å². The van der Waals surface area contributed by atoms with Crippen molar-refractivity contribution in [3.8, 4) is 11.5 Å². The second-order valence-electron chi connectivity index (χ2n) is 5.10. The number of hydrogen-bond acceptors (Lipinski definition) is 4. The second kappa shape index (κ2) is 9.29. The smallest absolute Gasteiger partial charge is 0.193 e. The maximum absolute atomic E-state index is 5.94. The van der Waals surface area contributed by atoms with E-state index in [2.05, 4.69) is 15.6 Å². The van der Waals surface area contributed by atoms with Crippen LogP contribution in [-0.4, -0.2) is 33.3 Å². The molecule has 0 heterocycles. The van der Waals surface area contributed by atoms with Crippen molar-refractivity contribution >= 4 is 17.3 Å². The van der Waals surface area contributed by atoms with E-state index in [0.717, 1.165) is 30.1 Å². The van der Waals surface area contributed by atoms with E-state index in [1.165, 1.54) is 0 Å². The molecule has 0 unspecified atom stereocenters. The lowest BCUT2D eigenvalue weighted by Gasteiger charge is -2.12. The molecule has 0 spiro atoms.